The first kappa shape index (κ1) is 20.4. The predicted molar refractivity (Wildman–Crippen MR) is 116 cm³/mol. The molecule has 3 aromatic carbocycles. The van der Waals surface area contributed by atoms with Gasteiger partial charge in [-0.25, -0.2) is 9.37 Å². The van der Waals surface area contributed by atoms with Gasteiger partial charge in [0.05, 0.1) is 16.5 Å². The van der Waals surface area contributed by atoms with Crippen molar-refractivity contribution in [3.05, 3.63) is 81.9 Å². The highest BCUT2D eigenvalue weighted by Crippen LogP contribution is 2.33. The summed E-state index contributed by atoms with van der Waals surface area (Å²) in [6.07, 6.45) is 0. The number of ether oxygens (including phenoxy) is 2. The van der Waals surface area contributed by atoms with Gasteiger partial charge in [-0.1, -0.05) is 18.2 Å². The minimum Gasteiger partial charge on any atom is -0.507 e. The Morgan fingerprint density at radius 3 is 2.45 bits per heavy atom. The zero-order valence-corrected chi connectivity index (χ0v) is 17.1. The molecule has 7 heteroatoms. The molecule has 0 atom stereocenters. The van der Waals surface area contributed by atoms with Crippen LogP contribution >= 0.6 is 0 Å². The highest BCUT2D eigenvalue weighted by molar-refractivity contribution is 5.80. The van der Waals surface area contributed by atoms with Crippen molar-refractivity contribution in [3.8, 4) is 28.6 Å². The summed E-state index contributed by atoms with van der Waals surface area (Å²) in [5.74, 6) is 0.845. The van der Waals surface area contributed by atoms with Crippen LogP contribution in [0.5, 0.6) is 17.2 Å². The number of aromatic nitrogens is 2. The third-order valence-corrected chi connectivity index (χ3v) is 4.91. The molecule has 0 radical (unpaired) electrons. The number of phenolic OH excluding ortho intramolecular Hbond substituents is 1. The molecule has 31 heavy (non-hydrogen) atoms. The lowest BCUT2D eigenvalue weighted by Gasteiger charge is -2.14. The molecule has 158 valence electrons. The molecule has 0 saturated carbocycles. The Kier molecular flexibility index (Phi) is 5.58. The number of nitrogens with one attached hydrogen (secondary N) is 1. The Morgan fingerprint density at radius 1 is 0.968 bits per heavy atom. The van der Waals surface area contributed by atoms with E-state index < -0.39 is 0 Å². The van der Waals surface area contributed by atoms with Gasteiger partial charge in [-0.3, -0.25) is 4.79 Å². The summed E-state index contributed by atoms with van der Waals surface area (Å²) in [4.78, 5) is 19.6. The number of rotatable bonds is 6. The van der Waals surface area contributed by atoms with E-state index >= 15 is 0 Å². The third-order valence-electron chi connectivity index (χ3n) is 4.91. The number of benzene rings is 3. The molecule has 0 aliphatic rings. The average molecular weight is 420 g/mol. The van der Waals surface area contributed by atoms with Crippen LogP contribution in [0.15, 0.2) is 59.4 Å². The fraction of sp³-hybridized carbons (Fsp3) is 0.167. The fourth-order valence-corrected chi connectivity index (χ4v) is 3.26. The second kappa shape index (κ2) is 8.47. The van der Waals surface area contributed by atoms with Crippen LogP contribution in [0.3, 0.4) is 0 Å². The molecule has 0 aliphatic carbocycles. The van der Waals surface area contributed by atoms with Gasteiger partial charge >= 0.3 is 0 Å². The maximum absolute atomic E-state index is 13.4. The normalized spacial score (nSPS) is 10.9. The Hall–Kier alpha value is -3.87. The quantitative estimate of drug-likeness (QED) is 0.449. The average Bonchev–Trinajstić information content (AvgIpc) is 2.74. The summed E-state index contributed by atoms with van der Waals surface area (Å²) in [7, 11) is 0. The van der Waals surface area contributed by atoms with Crippen molar-refractivity contribution >= 4 is 10.9 Å². The molecule has 2 N–H and O–H groups in total. The number of para-hydroxylation sites is 1. The molecule has 0 saturated heterocycles. The van der Waals surface area contributed by atoms with Gasteiger partial charge < -0.3 is 19.6 Å². The molecule has 1 heterocycles. The zero-order chi connectivity index (χ0) is 22.0. The van der Waals surface area contributed by atoms with Gasteiger partial charge in [0.1, 0.15) is 42.1 Å². The second-order valence-corrected chi connectivity index (χ2v) is 7.17. The van der Waals surface area contributed by atoms with Crippen molar-refractivity contribution in [2.24, 2.45) is 0 Å². The van der Waals surface area contributed by atoms with Crippen LogP contribution in [-0.4, -0.2) is 28.3 Å². The number of aromatic amines is 1. The van der Waals surface area contributed by atoms with E-state index in [9.17, 15) is 14.3 Å². The molecule has 4 aromatic rings. The summed E-state index contributed by atoms with van der Waals surface area (Å²) in [6, 6.07) is 14.5. The topological polar surface area (TPSA) is 84.4 Å². The van der Waals surface area contributed by atoms with Crippen LogP contribution in [0, 0.1) is 19.7 Å². The highest BCUT2D eigenvalue weighted by Gasteiger charge is 2.14. The lowest BCUT2D eigenvalue weighted by Crippen LogP contribution is -2.11. The first-order chi connectivity index (χ1) is 14.9. The second-order valence-electron chi connectivity index (χ2n) is 7.17. The third kappa shape index (κ3) is 4.35. The van der Waals surface area contributed by atoms with E-state index in [-0.39, 0.29) is 36.2 Å². The lowest BCUT2D eigenvalue weighted by atomic mass is 10.1. The smallest absolute Gasteiger partial charge is 0.259 e. The Labute approximate surface area is 177 Å². The molecular formula is C24H21FN2O4. The van der Waals surface area contributed by atoms with Gasteiger partial charge in [-0.05, 0) is 55.3 Å². The van der Waals surface area contributed by atoms with Crippen LogP contribution in [0.2, 0.25) is 0 Å². The number of halogens is 1. The van der Waals surface area contributed by atoms with Crippen molar-refractivity contribution in [2.75, 3.05) is 13.2 Å². The number of hydrogen-bond acceptors (Lipinski definition) is 5. The number of aromatic hydroxyl groups is 1. The van der Waals surface area contributed by atoms with E-state index in [2.05, 4.69) is 9.97 Å². The fourth-order valence-electron chi connectivity index (χ4n) is 3.26. The van der Waals surface area contributed by atoms with Gasteiger partial charge in [0, 0.05) is 6.07 Å². The molecule has 6 nitrogen and oxygen atoms in total. The molecule has 0 aliphatic heterocycles. The summed E-state index contributed by atoms with van der Waals surface area (Å²) in [5, 5.41) is 10.9. The minimum atomic E-state index is -0.364. The van der Waals surface area contributed by atoms with Gasteiger partial charge in [-0.15, -0.1) is 0 Å². The van der Waals surface area contributed by atoms with Gasteiger partial charge in [0.15, 0.2) is 0 Å². The minimum absolute atomic E-state index is 0.0186. The number of hydrogen-bond donors (Lipinski definition) is 2. The lowest BCUT2D eigenvalue weighted by molar-refractivity contribution is 0.215. The Bertz CT molecular complexity index is 1320. The molecule has 0 unspecified atom stereocenters. The van der Waals surface area contributed by atoms with Crippen LogP contribution in [0.4, 0.5) is 4.39 Å². The number of aryl methyl sites for hydroxylation is 2. The summed E-state index contributed by atoms with van der Waals surface area (Å²) in [5.41, 5.74) is 2.14. The molecule has 0 spiro atoms. The van der Waals surface area contributed by atoms with Crippen molar-refractivity contribution in [1.82, 2.24) is 9.97 Å². The maximum atomic E-state index is 13.4. The molecule has 0 bridgehead atoms. The number of H-pyrrole nitrogens is 1. The molecule has 1 aromatic heterocycles. The molecule has 4 rings (SSSR count). The predicted octanol–water partition coefficient (Wildman–Crippen LogP) is 4.51. The van der Waals surface area contributed by atoms with Gasteiger partial charge in [-0.2, -0.15) is 0 Å². The van der Waals surface area contributed by atoms with Crippen molar-refractivity contribution in [1.29, 1.82) is 0 Å². The molecule has 0 fully saturated rings. The first-order valence-corrected chi connectivity index (χ1v) is 9.77. The zero-order valence-electron chi connectivity index (χ0n) is 17.1. The molecule has 0 amide bonds. The van der Waals surface area contributed by atoms with Crippen molar-refractivity contribution in [2.45, 2.75) is 13.8 Å². The summed E-state index contributed by atoms with van der Waals surface area (Å²) in [6.45, 7) is 4.06. The number of fused-ring (bicyclic) bond motifs is 1. The largest absolute Gasteiger partial charge is 0.507 e. The maximum Gasteiger partial charge on any atom is 0.259 e. The number of phenols is 1. The van der Waals surface area contributed by atoms with E-state index in [0.29, 0.717) is 33.5 Å². The standard InChI is InChI=1S/C24H21FN2O4/c1-14-7-8-16(25)12-21(14)30-9-10-31-22-13-18(20(28)11-15(22)2)23-26-19-6-4-3-5-17(19)24(29)27-23/h3-8,11-13,28H,9-10H2,1-2H3,(H,26,27,29). The Balaban J connectivity index is 1.54. The van der Waals surface area contributed by atoms with E-state index in [0.717, 1.165) is 5.56 Å². The Morgan fingerprint density at radius 2 is 1.68 bits per heavy atom. The SMILES string of the molecule is Cc1ccc(F)cc1OCCOc1cc(-c2nc3ccccc3c(=O)[nH]2)c(O)cc1C. The summed E-state index contributed by atoms with van der Waals surface area (Å²) >= 11 is 0. The molecular weight excluding hydrogens is 399 g/mol. The van der Waals surface area contributed by atoms with Gasteiger partial charge in [0.2, 0.25) is 0 Å². The van der Waals surface area contributed by atoms with Crippen molar-refractivity contribution in [3.63, 3.8) is 0 Å². The van der Waals surface area contributed by atoms with Crippen LogP contribution < -0.4 is 15.0 Å². The van der Waals surface area contributed by atoms with Gasteiger partial charge in [0.25, 0.3) is 5.56 Å². The van der Waals surface area contributed by atoms with Crippen LogP contribution in [0.1, 0.15) is 11.1 Å². The van der Waals surface area contributed by atoms with Crippen molar-refractivity contribution < 1.29 is 19.0 Å². The highest BCUT2D eigenvalue weighted by atomic mass is 19.1. The van der Waals surface area contributed by atoms with E-state index in [1.165, 1.54) is 12.1 Å². The van der Waals surface area contributed by atoms with E-state index in [4.69, 9.17) is 9.47 Å². The number of nitrogens with zero attached hydrogens (tertiary/aromatic N) is 1. The monoisotopic (exact) mass is 420 g/mol. The summed E-state index contributed by atoms with van der Waals surface area (Å²) < 4.78 is 24.8. The van der Waals surface area contributed by atoms with Crippen LogP contribution in [-0.2, 0) is 0 Å². The first-order valence-electron chi connectivity index (χ1n) is 9.77. The van der Waals surface area contributed by atoms with E-state index in [1.807, 2.05) is 6.92 Å². The van der Waals surface area contributed by atoms with E-state index in [1.54, 1.807) is 49.4 Å². The van der Waals surface area contributed by atoms with Crippen LogP contribution in [0.25, 0.3) is 22.3 Å².